The summed E-state index contributed by atoms with van der Waals surface area (Å²) >= 11 is 0. The maximum atomic E-state index is 13.2. The van der Waals surface area contributed by atoms with E-state index in [0.29, 0.717) is 12.0 Å². The number of benzene rings is 1. The highest BCUT2D eigenvalue weighted by atomic mass is 19.1. The molecule has 1 fully saturated rings. The molecule has 0 N–H and O–H groups in total. The Kier molecular flexibility index (Phi) is 3.93. The second-order valence-corrected chi connectivity index (χ2v) is 8.22. The number of anilines is 1. The normalized spacial score (nSPS) is 20.9. The highest BCUT2D eigenvalue weighted by molar-refractivity contribution is 5.48. The first-order chi connectivity index (χ1) is 12.3. The van der Waals surface area contributed by atoms with E-state index in [0.717, 1.165) is 30.3 Å². The highest BCUT2D eigenvalue weighted by Gasteiger charge is 2.31. The van der Waals surface area contributed by atoms with Gasteiger partial charge in [0.15, 0.2) is 11.5 Å². The molecule has 0 spiro atoms. The zero-order chi connectivity index (χ0) is 18.5. The molecule has 2 atom stereocenters. The third kappa shape index (κ3) is 2.93. The van der Waals surface area contributed by atoms with Crippen molar-refractivity contribution in [1.29, 1.82) is 0 Å². The first kappa shape index (κ1) is 16.9. The van der Waals surface area contributed by atoms with Crippen molar-refractivity contribution in [3.8, 4) is 0 Å². The van der Waals surface area contributed by atoms with E-state index in [9.17, 15) is 4.39 Å². The van der Waals surface area contributed by atoms with Crippen LogP contribution in [0.25, 0.3) is 5.65 Å². The van der Waals surface area contributed by atoms with Crippen molar-refractivity contribution in [2.45, 2.75) is 51.5 Å². The average molecular weight is 353 g/mol. The summed E-state index contributed by atoms with van der Waals surface area (Å²) in [6.07, 6.45) is 1.03. The first-order valence-corrected chi connectivity index (χ1v) is 9.08. The van der Waals surface area contributed by atoms with E-state index in [-0.39, 0.29) is 11.2 Å². The van der Waals surface area contributed by atoms with Crippen LogP contribution in [0.4, 0.5) is 10.2 Å². The fourth-order valence-corrected chi connectivity index (χ4v) is 3.73. The van der Waals surface area contributed by atoms with E-state index in [1.807, 2.05) is 28.8 Å². The number of fused-ring (bicyclic) bond motifs is 1. The monoisotopic (exact) mass is 353 g/mol. The van der Waals surface area contributed by atoms with Crippen molar-refractivity contribution < 1.29 is 4.39 Å². The molecule has 3 aromatic rings. The minimum Gasteiger partial charge on any atom is -0.352 e. The van der Waals surface area contributed by atoms with E-state index >= 15 is 0 Å². The van der Waals surface area contributed by atoms with Gasteiger partial charge in [0.25, 0.3) is 0 Å². The van der Waals surface area contributed by atoms with Gasteiger partial charge in [-0.15, -0.1) is 15.3 Å². The van der Waals surface area contributed by atoms with Gasteiger partial charge in [-0.25, -0.2) is 4.39 Å². The lowest BCUT2D eigenvalue weighted by Crippen LogP contribution is -2.28. The van der Waals surface area contributed by atoms with Crippen LogP contribution in [0.3, 0.4) is 0 Å². The van der Waals surface area contributed by atoms with Crippen LogP contribution in [0.1, 0.15) is 51.4 Å². The van der Waals surface area contributed by atoms with Crippen molar-refractivity contribution in [1.82, 2.24) is 19.8 Å². The number of aromatic nitrogens is 4. The zero-order valence-corrected chi connectivity index (χ0v) is 15.6. The van der Waals surface area contributed by atoms with Gasteiger partial charge in [-0.3, -0.25) is 0 Å². The average Bonchev–Trinajstić information content (AvgIpc) is 3.18. The number of hydrogen-bond donors (Lipinski definition) is 0. The Morgan fingerprint density at radius 2 is 1.77 bits per heavy atom. The molecular weight excluding hydrogens is 329 g/mol. The van der Waals surface area contributed by atoms with Gasteiger partial charge in [0.05, 0.1) is 0 Å². The van der Waals surface area contributed by atoms with Crippen molar-refractivity contribution in [3.63, 3.8) is 0 Å². The summed E-state index contributed by atoms with van der Waals surface area (Å²) in [7, 11) is 0. The van der Waals surface area contributed by atoms with E-state index in [1.165, 1.54) is 5.56 Å². The van der Waals surface area contributed by atoms with Crippen LogP contribution in [-0.2, 0) is 5.41 Å². The second kappa shape index (κ2) is 6.04. The smallest absolute Gasteiger partial charge is 0.178 e. The third-order valence-corrected chi connectivity index (χ3v) is 5.13. The summed E-state index contributed by atoms with van der Waals surface area (Å²) in [5, 5.41) is 13.4. The fourth-order valence-electron chi connectivity index (χ4n) is 3.73. The maximum Gasteiger partial charge on any atom is 0.178 e. The number of rotatable bonds is 2. The first-order valence-electron chi connectivity index (χ1n) is 9.08. The number of halogens is 1. The van der Waals surface area contributed by atoms with Crippen molar-refractivity contribution in [2.24, 2.45) is 0 Å². The van der Waals surface area contributed by atoms with Crippen LogP contribution < -0.4 is 4.90 Å². The van der Waals surface area contributed by atoms with Gasteiger partial charge in [-0.1, -0.05) is 32.9 Å². The van der Waals surface area contributed by atoms with Crippen LogP contribution in [0.15, 0.2) is 36.4 Å². The number of nitrogens with zero attached hydrogens (tertiary/aromatic N) is 5. The summed E-state index contributed by atoms with van der Waals surface area (Å²) < 4.78 is 15.1. The second-order valence-electron chi connectivity index (χ2n) is 8.22. The Bertz CT molecular complexity index is 926. The Labute approximate surface area is 152 Å². The molecule has 5 nitrogen and oxygen atoms in total. The predicted octanol–water partition coefficient (Wildman–Crippen LogP) is 3.94. The SMILES string of the molecule is CC1CC(c2ccc(F)cc2)CN1c1ccc2nnc(C(C)(C)C)n2n1. The molecule has 3 heterocycles. The molecule has 0 bridgehead atoms. The largest absolute Gasteiger partial charge is 0.352 e. The minimum atomic E-state index is -0.189. The van der Waals surface area contributed by atoms with Gasteiger partial charge in [-0.2, -0.15) is 4.52 Å². The van der Waals surface area contributed by atoms with Gasteiger partial charge in [0.1, 0.15) is 11.6 Å². The van der Waals surface area contributed by atoms with Gasteiger partial charge in [0, 0.05) is 23.9 Å². The molecule has 2 aromatic heterocycles. The molecule has 1 aliphatic rings. The molecule has 0 radical (unpaired) electrons. The van der Waals surface area contributed by atoms with E-state index in [1.54, 1.807) is 12.1 Å². The topological polar surface area (TPSA) is 46.3 Å². The summed E-state index contributed by atoms with van der Waals surface area (Å²) in [5.41, 5.74) is 1.82. The lowest BCUT2D eigenvalue weighted by molar-refractivity contribution is 0.526. The van der Waals surface area contributed by atoms with E-state index in [4.69, 9.17) is 5.10 Å². The highest BCUT2D eigenvalue weighted by Crippen LogP contribution is 2.34. The van der Waals surface area contributed by atoms with E-state index < -0.39 is 0 Å². The van der Waals surface area contributed by atoms with Crippen LogP contribution in [-0.4, -0.2) is 32.4 Å². The molecule has 0 amide bonds. The molecule has 26 heavy (non-hydrogen) atoms. The Morgan fingerprint density at radius 3 is 2.46 bits per heavy atom. The molecule has 4 rings (SSSR count). The molecule has 6 heteroatoms. The molecular formula is C20H24FN5. The third-order valence-electron chi connectivity index (χ3n) is 5.13. The van der Waals surface area contributed by atoms with Crippen LogP contribution in [0.2, 0.25) is 0 Å². The maximum absolute atomic E-state index is 13.2. The van der Waals surface area contributed by atoms with Crippen LogP contribution >= 0.6 is 0 Å². The molecule has 1 saturated heterocycles. The Balaban J connectivity index is 1.65. The standard InChI is InChI=1S/C20H24FN5/c1-13-11-15(14-5-7-16(21)8-6-14)12-25(13)18-10-9-17-22-23-19(20(2,3)4)26(17)24-18/h5-10,13,15H,11-12H2,1-4H3. The molecule has 1 aromatic carbocycles. The van der Waals surface area contributed by atoms with Gasteiger partial charge in [0.2, 0.25) is 0 Å². The summed E-state index contributed by atoms with van der Waals surface area (Å²) in [6, 6.07) is 11.2. The van der Waals surface area contributed by atoms with Crippen molar-refractivity contribution in [3.05, 3.63) is 53.6 Å². The Hall–Kier alpha value is -2.50. The van der Waals surface area contributed by atoms with Crippen molar-refractivity contribution >= 4 is 11.5 Å². The number of hydrogen-bond acceptors (Lipinski definition) is 4. The molecule has 136 valence electrons. The molecule has 0 saturated carbocycles. The van der Waals surface area contributed by atoms with Crippen LogP contribution in [0.5, 0.6) is 0 Å². The minimum absolute atomic E-state index is 0.127. The van der Waals surface area contributed by atoms with Crippen molar-refractivity contribution in [2.75, 3.05) is 11.4 Å². The summed E-state index contributed by atoms with van der Waals surface area (Å²) in [5.74, 6) is 1.98. The quantitative estimate of drug-likeness (QED) is 0.700. The Morgan fingerprint density at radius 1 is 1.04 bits per heavy atom. The molecule has 1 aliphatic heterocycles. The van der Waals surface area contributed by atoms with E-state index in [2.05, 4.69) is 42.8 Å². The van der Waals surface area contributed by atoms with Gasteiger partial charge in [-0.05, 0) is 43.2 Å². The van der Waals surface area contributed by atoms with Gasteiger partial charge < -0.3 is 4.90 Å². The van der Waals surface area contributed by atoms with Crippen LogP contribution in [0, 0.1) is 5.82 Å². The molecule has 0 aliphatic carbocycles. The zero-order valence-electron chi connectivity index (χ0n) is 15.6. The molecule has 2 unspecified atom stereocenters. The lowest BCUT2D eigenvalue weighted by atomic mass is 9.96. The fraction of sp³-hybridized carbons (Fsp3) is 0.450. The van der Waals surface area contributed by atoms with Gasteiger partial charge >= 0.3 is 0 Å². The summed E-state index contributed by atoms with van der Waals surface area (Å²) in [6.45, 7) is 9.42. The lowest BCUT2D eigenvalue weighted by Gasteiger charge is -2.23. The summed E-state index contributed by atoms with van der Waals surface area (Å²) in [4.78, 5) is 2.32. The predicted molar refractivity (Wildman–Crippen MR) is 100 cm³/mol.